The number of aliphatic imine (C=N–C) groups is 1. The van der Waals surface area contributed by atoms with Crippen LogP contribution < -0.4 is 24.8 Å². The van der Waals surface area contributed by atoms with Crippen molar-refractivity contribution in [3.8, 4) is 17.2 Å². The van der Waals surface area contributed by atoms with Crippen molar-refractivity contribution in [2.45, 2.75) is 38.8 Å². The molecular weight excluding hydrogens is 535 g/mol. The summed E-state index contributed by atoms with van der Waals surface area (Å²) in [6, 6.07) is 7.86. The van der Waals surface area contributed by atoms with Crippen LogP contribution in [0.15, 0.2) is 39.9 Å². The summed E-state index contributed by atoms with van der Waals surface area (Å²) in [6.07, 6.45) is 5.49. The fourth-order valence-electron chi connectivity index (χ4n) is 4.05. The minimum Gasteiger partial charge on any atom is -0.496 e. The molecule has 2 N–H and O–H groups in total. The maximum atomic E-state index is 5.77. The lowest BCUT2D eigenvalue weighted by Gasteiger charge is -2.33. The Labute approximate surface area is 214 Å². The van der Waals surface area contributed by atoms with Gasteiger partial charge in [-0.1, -0.05) is 6.42 Å². The molecule has 0 radical (unpaired) electrons. The summed E-state index contributed by atoms with van der Waals surface area (Å²) in [5.74, 6) is 3.76. The van der Waals surface area contributed by atoms with Gasteiger partial charge in [0.25, 0.3) is 0 Å². The molecule has 3 rings (SSSR count). The second-order valence-electron chi connectivity index (χ2n) is 7.71. The lowest BCUT2D eigenvalue weighted by atomic mass is 10.1. The molecule has 8 nitrogen and oxygen atoms in total. The van der Waals surface area contributed by atoms with Crippen molar-refractivity contribution in [3.63, 3.8) is 0 Å². The van der Waals surface area contributed by atoms with Gasteiger partial charge in [0.1, 0.15) is 23.0 Å². The first kappa shape index (κ1) is 27.1. The smallest absolute Gasteiger partial charge is 0.191 e. The van der Waals surface area contributed by atoms with Crippen LogP contribution in [0.3, 0.4) is 0 Å². The van der Waals surface area contributed by atoms with E-state index in [0.29, 0.717) is 30.3 Å². The number of benzene rings is 1. The molecule has 33 heavy (non-hydrogen) atoms. The number of halogens is 1. The van der Waals surface area contributed by atoms with Gasteiger partial charge in [-0.25, -0.2) is 4.99 Å². The van der Waals surface area contributed by atoms with Crippen molar-refractivity contribution in [2.75, 3.05) is 47.5 Å². The van der Waals surface area contributed by atoms with E-state index in [1.807, 2.05) is 18.2 Å². The van der Waals surface area contributed by atoms with E-state index in [1.165, 1.54) is 19.3 Å². The predicted molar refractivity (Wildman–Crippen MR) is 141 cm³/mol. The van der Waals surface area contributed by atoms with E-state index in [1.54, 1.807) is 27.6 Å². The first-order valence-corrected chi connectivity index (χ1v) is 11.3. The van der Waals surface area contributed by atoms with E-state index in [2.05, 4.69) is 28.5 Å². The summed E-state index contributed by atoms with van der Waals surface area (Å²) < 4.78 is 22.2. The number of hydrogen-bond acceptors (Lipinski definition) is 6. The fraction of sp³-hybridized carbons (Fsp3) is 0.542. The highest BCUT2D eigenvalue weighted by atomic mass is 127. The minimum absolute atomic E-state index is 0. The zero-order valence-electron chi connectivity index (χ0n) is 20.1. The average molecular weight is 572 g/mol. The molecule has 0 bridgehead atoms. The summed E-state index contributed by atoms with van der Waals surface area (Å²) in [5, 5.41) is 6.84. The highest BCUT2D eigenvalue weighted by Gasteiger charge is 2.24. The van der Waals surface area contributed by atoms with Gasteiger partial charge in [-0.15, -0.1) is 24.0 Å². The van der Waals surface area contributed by atoms with Gasteiger partial charge in [0.2, 0.25) is 0 Å². The molecule has 0 spiro atoms. The van der Waals surface area contributed by atoms with E-state index in [-0.39, 0.29) is 30.0 Å². The fourth-order valence-corrected chi connectivity index (χ4v) is 4.05. The Kier molecular flexibility index (Phi) is 11.7. The maximum absolute atomic E-state index is 5.77. The van der Waals surface area contributed by atoms with E-state index in [9.17, 15) is 0 Å². The molecule has 2 heterocycles. The molecule has 1 aliphatic heterocycles. The van der Waals surface area contributed by atoms with Crippen molar-refractivity contribution in [1.29, 1.82) is 0 Å². The lowest BCUT2D eigenvalue weighted by Crippen LogP contribution is -2.44. The largest absolute Gasteiger partial charge is 0.496 e. The molecule has 1 saturated heterocycles. The molecule has 1 aliphatic rings. The van der Waals surface area contributed by atoms with Crippen molar-refractivity contribution in [1.82, 2.24) is 15.5 Å². The summed E-state index contributed by atoms with van der Waals surface area (Å²) >= 11 is 0. The molecule has 1 atom stereocenters. The Morgan fingerprint density at radius 1 is 1.06 bits per heavy atom. The first-order valence-electron chi connectivity index (χ1n) is 11.3. The molecule has 2 aromatic rings. The van der Waals surface area contributed by atoms with Crippen molar-refractivity contribution in [2.24, 2.45) is 4.99 Å². The van der Waals surface area contributed by atoms with Gasteiger partial charge in [-0.2, -0.15) is 0 Å². The van der Waals surface area contributed by atoms with Crippen LogP contribution in [0.4, 0.5) is 0 Å². The molecule has 1 fully saturated rings. The van der Waals surface area contributed by atoms with Crippen LogP contribution >= 0.6 is 24.0 Å². The second-order valence-corrected chi connectivity index (χ2v) is 7.71. The molecule has 0 aliphatic carbocycles. The second kappa shape index (κ2) is 14.2. The Balaban J connectivity index is 0.00000385. The van der Waals surface area contributed by atoms with Crippen LogP contribution in [-0.2, 0) is 6.54 Å². The number of nitrogens with zero attached hydrogens (tertiary/aromatic N) is 2. The summed E-state index contributed by atoms with van der Waals surface area (Å²) in [5.41, 5.74) is 0.867. The predicted octanol–water partition coefficient (Wildman–Crippen LogP) is 4.21. The number of guanidine groups is 1. The van der Waals surface area contributed by atoms with Gasteiger partial charge < -0.3 is 29.3 Å². The van der Waals surface area contributed by atoms with E-state index < -0.39 is 0 Å². The van der Waals surface area contributed by atoms with E-state index in [0.717, 1.165) is 36.9 Å². The number of methoxy groups -OCH3 is 3. The maximum Gasteiger partial charge on any atom is 0.191 e. The van der Waals surface area contributed by atoms with Crippen LogP contribution in [0, 0.1) is 0 Å². The number of piperidine rings is 1. The van der Waals surface area contributed by atoms with Crippen molar-refractivity contribution < 1.29 is 18.6 Å². The van der Waals surface area contributed by atoms with Gasteiger partial charge >= 0.3 is 0 Å². The SMILES string of the molecule is CCNC(=NCc1c(OC)cc(OC)cc1OC)NCC(c1ccco1)N1CCCCC1.I. The van der Waals surface area contributed by atoms with Crippen LogP contribution in [0.1, 0.15) is 43.6 Å². The van der Waals surface area contributed by atoms with Crippen LogP contribution in [0.2, 0.25) is 0 Å². The highest BCUT2D eigenvalue weighted by molar-refractivity contribution is 14.0. The molecule has 9 heteroatoms. The molecule has 184 valence electrons. The third-order valence-electron chi connectivity index (χ3n) is 5.72. The third kappa shape index (κ3) is 7.43. The Hall–Kier alpha value is -2.14. The quantitative estimate of drug-likeness (QED) is 0.251. The zero-order chi connectivity index (χ0) is 22.8. The minimum atomic E-state index is 0. The van der Waals surface area contributed by atoms with E-state index in [4.69, 9.17) is 23.6 Å². The van der Waals surface area contributed by atoms with E-state index >= 15 is 0 Å². The topological polar surface area (TPSA) is 80.5 Å². The number of hydrogen-bond donors (Lipinski definition) is 2. The Bertz CT molecular complexity index is 829. The van der Waals surface area contributed by atoms with Gasteiger partial charge in [0.05, 0.1) is 45.7 Å². The summed E-state index contributed by atoms with van der Waals surface area (Å²) in [7, 11) is 4.89. The van der Waals surface area contributed by atoms with Gasteiger partial charge in [0.15, 0.2) is 5.96 Å². The number of likely N-dealkylation sites (tertiary alicyclic amines) is 1. The molecule has 0 saturated carbocycles. The Morgan fingerprint density at radius 3 is 2.30 bits per heavy atom. The standard InChI is InChI=1S/C24H36N4O4.HI/c1-5-25-24(26-16-19-22(30-3)14-18(29-2)15-23(19)31-4)27-17-20(21-10-9-13-32-21)28-11-7-6-8-12-28;/h9-10,13-15,20H,5-8,11-12,16-17H2,1-4H3,(H2,25,26,27);1H. The third-order valence-corrected chi connectivity index (χ3v) is 5.72. The number of rotatable bonds is 10. The number of ether oxygens (including phenoxy) is 3. The summed E-state index contributed by atoms with van der Waals surface area (Å²) in [6.45, 7) is 6.09. The highest BCUT2D eigenvalue weighted by Crippen LogP contribution is 2.34. The summed E-state index contributed by atoms with van der Waals surface area (Å²) in [4.78, 5) is 7.29. The normalized spacial score (nSPS) is 15.3. The first-order chi connectivity index (χ1) is 15.7. The molecule has 0 amide bonds. The van der Waals surface area contributed by atoms with Crippen molar-refractivity contribution >= 4 is 29.9 Å². The molecule has 1 aromatic carbocycles. The number of nitrogens with one attached hydrogen (secondary N) is 2. The molecule has 1 unspecified atom stereocenters. The Morgan fingerprint density at radius 2 is 1.76 bits per heavy atom. The van der Waals surface area contributed by atoms with Crippen molar-refractivity contribution in [3.05, 3.63) is 41.9 Å². The van der Waals surface area contributed by atoms with Gasteiger partial charge in [-0.05, 0) is 45.0 Å². The monoisotopic (exact) mass is 572 g/mol. The van der Waals surface area contributed by atoms with Crippen LogP contribution in [-0.4, -0.2) is 58.4 Å². The van der Waals surface area contributed by atoms with Crippen LogP contribution in [0.25, 0.3) is 0 Å². The van der Waals surface area contributed by atoms with Gasteiger partial charge in [-0.3, -0.25) is 4.90 Å². The van der Waals surface area contributed by atoms with Gasteiger partial charge in [0, 0.05) is 25.2 Å². The van der Waals surface area contributed by atoms with Crippen LogP contribution in [0.5, 0.6) is 17.2 Å². The average Bonchev–Trinajstić information content (AvgIpc) is 3.37. The molecular formula is C24H37IN4O4. The lowest BCUT2D eigenvalue weighted by molar-refractivity contribution is 0.146. The molecule has 1 aromatic heterocycles. The zero-order valence-corrected chi connectivity index (χ0v) is 22.4. The number of furan rings is 1.